The lowest BCUT2D eigenvalue weighted by Gasteiger charge is -2.18. The lowest BCUT2D eigenvalue weighted by Crippen LogP contribution is -2.38. The van der Waals surface area contributed by atoms with Gasteiger partial charge in [0.1, 0.15) is 22.4 Å². The molecule has 4 N–H and O–H groups in total. The molecular formula is C16H16ClF2N5O3. The summed E-state index contributed by atoms with van der Waals surface area (Å²) in [6.07, 6.45) is -2.29. The summed E-state index contributed by atoms with van der Waals surface area (Å²) in [5.74, 6) is -0.845. The zero-order valence-electron chi connectivity index (χ0n) is 14.0. The van der Waals surface area contributed by atoms with Crippen molar-refractivity contribution in [3.8, 4) is 0 Å². The largest absolute Gasteiger partial charge is 0.388 e. The van der Waals surface area contributed by atoms with Crippen LogP contribution in [0.25, 0.3) is 11.2 Å². The summed E-state index contributed by atoms with van der Waals surface area (Å²) < 4.78 is 26.7. The van der Waals surface area contributed by atoms with Gasteiger partial charge in [-0.05, 0) is 0 Å². The molecule has 4 saturated carbocycles. The molecule has 4 fully saturated rings. The number of aromatic nitrogens is 3. The van der Waals surface area contributed by atoms with Gasteiger partial charge in [-0.2, -0.15) is 0 Å². The first-order valence-corrected chi connectivity index (χ1v) is 8.85. The van der Waals surface area contributed by atoms with E-state index in [1.807, 2.05) is 0 Å². The number of carbonyl (C=O) groups is 1. The van der Waals surface area contributed by atoms with Crippen molar-refractivity contribution in [3.05, 3.63) is 17.5 Å². The molecule has 2 heterocycles. The van der Waals surface area contributed by atoms with Crippen LogP contribution in [0.3, 0.4) is 0 Å². The number of aliphatic hydroxyl groups is 2. The van der Waals surface area contributed by atoms with Gasteiger partial charge < -0.3 is 25.4 Å². The molecule has 2 bridgehead atoms. The number of imidazole rings is 1. The van der Waals surface area contributed by atoms with Gasteiger partial charge in [-0.1, -0.05) is 11.6 Å². The van der Waals surface area contributed by atoms with Crippen LogP contribution in [-0.2, 0) is 4.79 Å². The zero-order valence-corrected chi connectivity index (χ0v) is 14.8. The van der Waals surface area contributed by atoms with E-state index in [4.69, 9.17) is 11.6 Å². The average molecular weight is 400 g/mol. The van der Waals surface area contributed by atoms with Crippen LogP contribution in [-0.4, -0.2) is 62.4 Å². The van der Waals surface area contributed by atoms with E-state index in [1.165, 1.54) is 19.4 Å². The Morgan fingerprint density at radius 1 is 1.52 bits per heavy atom. The maximum absolute atomic E-state index is 12.5. The second-order valence-corrected chi connectivity index (χ2v) is 7.69. The summed E-state index contributed by atoms with van der Waals surface area (Å²) in [6.45, 7) is -0.571. The SMILES string of the molecule is CNC(=O)[C@@]12C3C(n4cnc5c(NCC(F)F)cc(Cl)nc54)[C@H](O)[C@]1(O)C32. The number of carbonyl (C=O) groups excluding carboxylic acids is 1. The van der Waals surface area contributed by atoms with Gasteiger partial charge in [0.05, 0.1) is 30.0 Å². The van der Waals surface area contributed by atoms with Gasteiger partial charge in [0, 0.05) is 24.9 Å². The molecule has 11 heteroatoms. The van der Waals surface area contributed by atoms with Crippen molar-refractivity contribution in [1.29, 1.82) is 0 Å². The van der Waals surface area contributed by atoms with Crippen LogP contribution in [0.15, 0.2) is 12.4 Å². The molecule has 0 radical (unpaired) electrons. The number of pyridine rings is 1. The minimum absolute atomic E-state index is 0.0768. The first kappa shape index (κ1) is 17.1. The predicted octanol–water partition coefficient (Wildman–Crippen LogP) is 0.400. The van der Waals surface area contributed by atoms with E-state index in [1.54, 1.807) is 4.57 Å². The average Bonchev–Trinajstić information content (AvgIpc) is 3.32. The van der Waals surface area contributed by atoms with E-state index in [9.17, 15) is 23.8 Å². The summed E-state index contributed by atoms with van der Waals surface area (Å²) >= 11 is 6.04. The third kappa shape index (κ3) is 1.76. The highest BCUT2D eigenvalue weighted by molar-refractivity contribution is 6.30. The van der Waals surface area contributed by atoms with Gasteiger partial charge >= 0.3 is 0 Å². The monoisotopic (exact) mass is 399 g/mol. The molecule has 1 amide bonds. The van der Waals surface area contributed by atoms with Crippen LogP contribution in [0.1, 0.15) is 6.04 Å². The molecule has 2 aromatic rings. The van der Waals surface area contributed by atoms with Gasteiger partial charge in [0.2, 0.25) is 5.91 Å². The Balaban J connectivity index is 1.55. The molecule has 6 atom stereocenters. The Morgan fingerprint density at radius 2 is 2.26 bits per heavy atom. The lowest BCUT2D eigenvalue weighted by molar-refractivity contribution is -0.128. The standard InChI is InChI=1S/C16H16ClF2N5O3/c1-20-14(26)15-8-10(12(25)16(15,27)11(8)15)24-4-22-9-5(21-3-7(18)19)2-6(17)23-13(9)24/h2,4,7-8,10-12,25,27H,3H2,1H3,(H,20,26)(H,21,23)/t8?,10?,11?,12-,15-,16+/m0/s1. The molecule has 27 heavy (non-hydrogen) atoms. The Labute approximate surface area is 156 Å². The molecule has 144 valence electrons. The van der Waals surface area contributed by atoms with Crippen LogP contribution in [0.5, 0.6) is 0 Å². The Morgan fingerprint density at radius 3 is 2.89 bits per heavy atom. The van der Waals surface area contributed by atoms with Gasteiger partial charge in [0.15, 0.2) is 5.65 Å². The highest BCUT2D eigenvalue weighted by atomic mass is 35.5. The predicted molar refractivity (Wildman–Crippen MR) is 90.5 cm³/mol. The quantitative estimate of drug-likeness (QED) is 0.541. The van der Waals surface area contributed by atoms with Crippen molar-refractivity contribution < 1.29 is 23.8 Å². The number of rotatable bonds is 5. The maximum atomic E-state index is 12.5. The Hall–Kier alpha value is -2.04. The third-order valence-corrected chi connectivity index (χ3v) is 6.53. The third-order valence-electron chi connectivity index (χ3n) is 6.33. The fourth-order valence-corrected chi connectivity index (χ4v) is 5.46. The van der Waals surface area contributed by atoms with E-state index >= 15 is 0 Å². The van der Waals surface area contributed by atoms with Crippen molar-refractivity contribution in [3.63, 3.8) is 0 Å². The van der Waals surface area contributed by atoms with Crippen molar-refractivity contribution in [2.24, 2.45) is 17.3 Å². The molecule has 4 aliphatic carbocycles. The maximum Gasteiger partial charge on any atom is 0.255 e. The normalized spacial score (nSPS) is 38.2. The molecule has 4 aliphatic rings. The second kappa shape index (κ2) is 5.06. The van der Waals surface area contributed by atoms with Gasteiger partial charge in [-0.3, -0.25) is 4.79 Å². The van der Waals surface area contributed by atoms with Gasteiger partial charge in [-0.25, -0.2) is 18.7 Å². The number of nitrogens with zero attached hydrogens (tertiary/aromatic N) is 3. The van der Waals surface area contributed by atoms with Crippen molar-refractivity contribution in [1.82, 2.24) is 19.9 Å². The molecule has 6 rings (SSSR count). The lowest BCUT2D eigenvalue weighted by atomic mass is 10.0. The Bertz CT molecular complexity index is 986. The molecule has 0 saturated heterocycles. The summed E-state index contributed by atoms with van der Waals surface area (Å²) in [4.78, 5) is 20.7. The smallest absolute Gasteiger partial charge is 0.255 e. The molecule has 3 unspecified atom stereocenters. The fraction of sp³-hybridized carbons (Fsp3) is 0.562. The van der Waals surface area contributed by atoms with Gasteiger partial charge in [0.25, 0.3) is 6.43 Å². The minimum Gasteiger partial charge on any atom is -0.388 e. The van der Waals surface area contributed by atoms with Crippen molar-refractivity contribution in [2.45, 2.75) is 24.2 Å². The minimum atomic E-state index is -2.55. The van der Waals surface area contributed by atoms with E-state index in [0.717, 1.165) is 0 Å². The van der Waals surface area contributed by atoms with Crippen LogP contribution in [0.2, 0.25) is 5.15 Å². The Kier molecular flexibility index (Phi) is 3.20. The summed E-state index contributed by atoms with van der Waals surface area (Å²) in [7, 11) is 1.49. The number of hydrogen-bond donors (Lipinski definition) is 4. The molecule has 0 spiro atoms. The van der Waals surface area contributed by atoms with Crippen LogP contribution < -0.4 is 10.6 Å². The van der Waals surface area contributed by atoms with E-state index in [2.05, 4.69) is 20.6 Å². The number of fused-ring (bicyclic) bond motifs is 2. The topological polar surface area (TPSA) is 112 Å². The van der Waals surface area contributed by atoms with Gasteiger partial charge in [-0.15, -0.1) is 0 Å². The highest BCUT2D eigenvalue weighted by Crippen LogP contribution is 2.95. The summed E-state index contributed by atoms with van der Waals surface area (Å²) in [6, 6.07) is 0.801. The number of alkyl halides is 2. The molecule has 2 aromatic heterocycles. The first-order valence-electron chi connectivity index (χ1n) is 8.47. The van der Waals surface area contributed by atoms with Crippen molar-refractivity contribution in [2.75, 3.05) is 18.9 Å². The number of nitrogens with one attached hydrogen (secondary N) is 2. The number of anilines is 1. The van der Waals surface area contributed by atoms with Crippen LogP contribution >= 0.6 is 11.6 Å². The first-order chi connectivity index (χ1) is 12.8. The molecule has 0 aliphatic heterocycles. The summed E-state index contributed by atoms with van der Waals surface area (Å²) in [5.41, 5.74) is -1.50. The highest BCUT2D eigenvalue weighted by Gasteiger charge is 3.07. The van der Waals surface area contributed by atoms with Crippen LogP contribution in [0.4, 0.5) is 14.5 Å². The number of amides is 1. The number of halogens is 3. The zero-order chi connectivity index (χ0) is 19.3. The van der Waals surface area contributed by atoms with E-state index in [-0.39, 0.29) is 22.9 Å². The molecule has 8 nitrogen and oxygen atoms in total. The van der Waals surface area contributed by atoms with Crippen molar-refractivity contribution >= 4 is 34.4 Å². The van der Waals surface area contributed by atoms with E-state index in [0.29, 0.717) is 16.9 Å². The summed E-state index contributed by atoms with van der Waals surface area (Å²) in [5, 5.41) is 26.6. The molecule has 0 aromatic carbocycles. The number of hydrogen-bond acceptors (Lipinski definition) is 6. The fourth-order valence-electron chi connectivity index (χ4n) is 5.27. The number of aliphatic hydroxyl groups excluding tert-OH is 1. The second-order valence-electron chi connectivity index (χ2n) is 7.30. The van der Waals surface area contributed by atoms with E-state index < -0.39 is 36.1 Å². The van der Waals surface area contributed by atoms with Crippen LogP contribution in [0, 0.1) is 17.3 Å². The molecular weight excluding hydrogens is 384 g/mol.